The summed E-state index contributed by atoms with van der Waals surface area (Å²) < 4.78 is 10.7. The molecule has 0 saturated carbocycles. The summed E-state index contributed by atoms with van der Waals surface area (Å²) in [6, 6.07) is 8.89. The molecule has 0 atom stereocenters. The van der Waals surface area contributed by atoms with Crippen LogP contribution in [0.15, 0.2) is 36.4 Å². The molecular formula is C17H16O6. The SMILES string of the molecule is COc1cc(C(=O)O)ccc1COc1ccc(C(C)=O)c(O)c1. The van der Waals surface area contributed by atoms with E-state index in [0.29, 0.717) is 17.1 Å². The van der Waals surface area contributed by atoms with Crippen molar-refractivity contribution in [2.45, 2.75) is 13.5 Å². The third-order valence-electron chi connectivity index (χ3n) is 3.28. The minimum Gasteiger partial charge on any atom is -0.507 e. The van der Waals surface area contributed by atoms with Gasteiger partial charge in [-0.3, -0.25) is 4.79 Å². The van der Waals surface area contributed by atoms with E-state index < -0.39 is 5.97 Å². The van der Waals surface area contributed by atoms with Crippen molar-refractivity contribution in [2.24, 2.45) is 0 Å². The molecule has 0 unspecified atom stereocenters. The van der Waals surface area contributed by atoms with E-state index in [1.54, 1.807) is 12.1 Å². The molecule has 6 heteroatoms. The molecule has 2 aromatic carbocycles. The Kier molecular flexibility index (Phi) is 4.85. The second-order valence-corrected chi connectivity index (χ2v) is 4.86. The minimum absolute atomic E-state index is 0.119. The van der Waals surface area contributed by atoms with Gasteiger partial charge in [0.05, 0.1) is 18.2 Å². The average molecular weight is 316 g/mol. The Balaban J connectivity index is 2.16. The van der Waals surface area contributed by atoms with Crippen LogP contribution in [0.5, 0.6) is 17.2 Å². The van der Waals surface area contributed by atoms with Crippen LogP contribution in [0.25, 0.3) is 0 Å². The molecule has 0 aliphatic carbocycles. The highest BCUT2D eigenvalue weighted by molar-refractivity contribution is 5.96. The van der Waals surface area contributed by atoms with Crippen LogP contribution < -0.4 is 9.47 Å². The Hall–Kier alpha value is -3.02. The number of Topliss-reactive ketones (excluding diaryl/α,β-unsaturated/α-hetero) is 1. The highest BCUT2D eigenvalue weighted by atomic mass is 16.5. The average Bonchev–Trinajstić information content (AvgIpc) is 2.52. The molecule has 23 heavy (non-hydrogen) atoms. The van der Waals surface area contributed by atoms with Crippen LogP contribution >= 0.6 is 0 Å². The number of ether oxygens (including phenoxy) is 2. The first-order valence-electron chi connectivity index (χ1n) is 6.79. The summed E-state index contributed by atoms with van der Waals surface area (Å²) in [4.78, 5) is 22.2. The zero-order valence-corrected chi connectivity index (χ0v) is 12.7. The predicted molar refractivity (Wildman–Crippen MR) is 82.4 cm³/mol. The maximum Gasteiger partial charge on any atom is 0.335 e. The quantitative estimate of drug-likeness (QED) is 0.796. The highest BCUT2D eigenvalue weighted by Gasteiger charge is 2.11. The molecular weight excluding hydrogens is 300 g/mol. The number of hydrogen-bond donors (Lipinski definition) is 2. The molecule has 0 amide bonds. The van der Waals surface area contributed by atoms with Crippen molar-refractivity contribution >= 4 is 11.8 Å². The largest absolute Gasteiger partial charge is 0.507 e. The van der Waals surface area contributed by atoms with Crippen LogP contribution in [0.2, 0.25) is 0 Å². The summed E-state index contributed by atoms with van der Waals surface area (Å²) >= 11 is 0. The fraction of sp³-hybridized carbons (Fsp3) is 0.176. The lowest BCUT2D eigenvalue weighted by molar-refractivity contribution is 0.0696. The number of carbonyl (C=O) groups is 2. The second kappa shape index (κ2) is 6.83. The monoisotopic (exact) mass is 316 g/mol. The van der Waals surface area contributed by atoms with E-state index in [0.717, 1.165) is 0 Å². The number of carboxylic acid groups (broad SMARTS) is 1. The fourth-order valence-electron chi connectivity index (χ4n) is 2.06. The zero-order chi connectivity index (χ0) is 17.0. The van der Waals surface area contributed by atoms with Gasteiger partial charge in [0.2, 0.25) is 0 Å². The lowest BCUT2D eigenvalue weighted by Crippen LogP contribution is -2.02. The van der Waals surface area contributed by atoms with Crippen LogP contribution in [0.4, 0.5) is 0 Å². The van der Waals surface area contributed by atoms with Crippen molar-refractivity contribution in [1.82, 2.24) is 0 Å². The molecule has 0 fully saturated rings. The van der Waals surface area contributed by atoms with Crippen molar-refractivity contribution in [2.75, 3.05) is 7.11 Å². The molecule has 120 valence electrons. The van der Waals surface area contributed by atoms with E-state index in [2.05, 4.69) is 0 Å². The zero-order valence-electron chi connectivity index (χ0n) is 12.7. The van der Waals surface area contributed by atoms with Gasteiger partial charge in [0.25, 0.3) is 0 Å². The van der Waals surface area contributed by atoms with Crippen molar-refractivity contribution in [3.8, 4) is 17.2 Å². The fourth-order valence-corrected chi connectivity index (χ4v) is 2.06. The van der Waals surface area contributed by atoms with Crippen molar-refractivity contribution < 1.29 is 29.3 Å². The molecule has 0 heterocycles. The van der Waals surface area contributed by atoms with Crippen LogP contribution in [0, 0.1) is 0 Å². The van der Waals surface area contributed by atoms with E-state index in [9.17, 15) is 14.7 Å². The number of benzene rings is 2. The van der Waals surface area contributed by atoms with E-state index in [1.807, 2.05) is 0 Å². The molecule has 0 saturated heterocycles. The maximum atomic E-state index is 11.3. The molecule has 0 aliphatic heterocycles. The Bertz CT molecular complexity index is 751. The number of carboxylic acids is 1. The van der Waals surface area contributed by atoms with E-state index in [1.165, 1.54) is 38.3 Å². The third-order valence-corrected chi connectivity index (χ3v) is 3.28. The summed E-state index contributed by atoms with van der Waals surface area (Å²) in [6.45, 7) is 1.49. The van der Waals surface area contributed by atoms with Crippen LogP contribution in [0.3, 0.4) is 0 Å². The number of phenols is 1. The first-order valence-corrected chi connectivity index (χ1v) is 6.79. The molecule has 2 N–H and O–H groups in total. The van der Waals surface area contributed by atoms with Gasteiger partial charge in [0, 0.05) is 11.6 Å². The van der Waals surface area contributed by atoms with Gasteiger partial charge in [-0.1, -0.05) is 6.07 Å². The Labute approximate surface area is 132 Å². The number of rotatable bonds is 6. The number of aromatic carboxylic acids is 1. The summed E-state index contributed by atoms with van der Waals surface area (Å²) in [5.41, 5.74) is 1.00. The Morgan fingerprint density at radius 1 is 1.13 bits per heavy atom. The number of hydrogen-bond acceptors (Lipinski definition) is 5. The van der Waals surface area contributed by atoms with E-state index >= 15 is 0 Å². The van der Waals surface area contributed by atoms with Crippen molar-refractivity contribution in [3.05, 3.63) is 53.1 Å². The second-order valence-electron chi connectivity index (χ2n) is 4.86. The number of ketones is 1. The first kappa shape index (κ1) is 16.4. The standard InChI is InChI=1S/C17H16O6/c1-10(18)14-6-5-13(8-15(14)19)23-9-12-4-3-11(17(20)21)7-16(12)22-2/h3-8,19H,9H2,1-2H3,(H,20,21). The van der Waals surface area contributed by atoms with Gasteiger partial charge in [0.15, 0.2) is 5.78 Å². The van der Waals surface area contributed by atoms with Crippen molar-refractivity contribution in [1.29, 1.82) is 0 Å². The minimum atomic E-state index is -1.04. The van der Waals surface area contributed by atoms with Crippen LogP contribution in [-0.2, 0) is 6.61 Å². The lowest BCUT2D eigenvalue weighted by atomic mass is 10.1. The molecule has 0 spiro atoms. The molecule has 0 aromatic heterocycles. The summed E-state index contributed by atoms with van der Waals surface area (Å²) in [7, 11) is 1.44. The van der Waals surface area contributed by atoms with Gasteiger partial charge in [-0.05, 0) is 31.2 Å². The molecule has 6 nitrogen and oxygen atoms in total. The Morgan fingerprint density at radius 2 is 1.87 bits per heavy atom. The highest BCUT2D eigenvalue weighted by Crippen LogP contribution is 2.26. The lowest BCUT2D eigenvalue weighted by Gasteiger charge is -2.12. The molecule has 0 aliphatic rings. The summed E-state index contributed by atoms with van der Waals surface area (Å²) in [5.74, 6) is -0.643. The van der Waals surface area contributed by atoms with Crippen LogP contribution in [-0.4, -0.2) is 29.1 Å². The summed E-state index contributed by atoms with van der Waals surface area (Å²) in [6.07, 6.45) is 0. The Morgan fingerprint density at radius 3 is 2.43 bits per heavy atom. The van der Waals surface area contributed by atoms with Gasteiger partial charge >= 0.3 is 5.97 Å². The van der Waals surface area contributed by atoms with Gasteiger partial charge in [-0.25, -0.2) is 4.79 Å². The molecule has 0 radical (unpaired) electrons. The first-order chi connectivity index (χ1) is 10.9. The molecule has 0 bridgehead atoms. The smallest absolute Gasteiger partial charge is 0.335 e. The predicted octanol–water partition coefficient (Wildman–Crippen LogP) is 2.88. The van der Waals surface area contributed by atoms with Gasteiger partial charge in [-0.15, -0.1) is 0 Å². The number of methoxy groups -OCH3 is 1. The van der Waals surface area contributed by atoms with Gasteiger partial charge in [0.1, 0.15) is 23.9 Å². The normalized spacial score (nSPS) is 10.2. The molecule has 2 rings (SSSR count). The maximum absolute atomic E-state index is 11.3. The van der Waals surface area contributed by atoms with Gasteiger partial charge in [-0.2, -0.15) is 0 Å². The number of aromatic hydroxyl groups is 1. The number of carbonyl (C=O) groups excluding carboxylic acids is 1. The summed E-state index contributed by atoms with van der Waals surface area (Å²) in [5, 5.41) is 18.7. The van der Waals surface area contributed by atoms with Crippen LogP contribution in [0.1, 0.15) is 33.2 Å². The third kappa shape index (κ3) is 3.79. The van der Waals surface area contributed by atoms with E-state index in [-0.39, 0.29) is 29.3 Å². The molecule has 2 aromatic rings. The number of phenolic OH excluding ortho intramolecular Hbond substituents is 1. The van der Waals surface area contributed by atoms with Gasteiger partial charge < -0.3 is 19.7 Å². The topological polar surface area (TPSA) is 93.1 Å². The van der Waals surface area contributed by atoms with E-state index in [4.69, 9.17) is 14.6 Å². The van der Waals surface area contributed by atoms with Crippen molar-refractivity contribution in [3.63, 3.8) is 0 Å².